The zero-order chi connectivity index (χ0) is 24.2. The van der Waals surface area contributed by atoms with Gasteiger partial charge in [0.25, 0.3) is 0 Å². The molecule has 0 bridgehead atoms. The van der Waals surface area contributed by atoms with E-state index in [0.717, 1.165) is 29.3 Å². The van der Waals surface area contributed by atoms with Gasteiger partial charge in [0.05, 0.1) is 6.42 Å². The number of carboxylic acid groups (broad SMARTS) is 1. The lowest BCUT2D eigenvalue weighted by molar-refractivity contribution is -0.193. The molecule has 0 radical (unpaired) electrons. The second-order valence-electron chi connectivity index (χ2n) is 7.33. The molecule has 0 fully saturated rings. The van der Waals surface area contributed by atoms with Gasteiger partial charge >= 0.3 is 18.2 Å². The third-order valence-electron chi connectivity index (χ3n) is 5.14. The Morgan fingerprint density at radius 2 is 1.61 bits per heavy atom. The van der Waals surface area contributed by atoms with Crippen LogP contribution in [0.3, 0.4) is 0 Å². The molecule has 1 aliphatic rings. The van der Waals surface area contributed by atoms with Crippen LogP contribution in [0.2, 0.25) is 0 Å². The average molecular weight is 466 g/mol. The number of amides is 2. The summed E-state index contributed by atoms with van der Waals surface area (Å²) >= 11 is 0. The van der Waals surface area contributed by atoms with Gasteiger partial charge in [0, 0.05) is 13.0 Å². The highest BCUT2D eigenvalue weighted by atomic mass is 19.4. The number of carboxylic acids is 1. The first kappa shape index (κ1) is 24.1. The van der Waals surface area contributed by atoms with Gasteiger partial charge < -0.3 is 15.2 Å². The number of alkyl halides is 3. The minimum atomic E-state index is -4.95. The van der Waals surface area contributed by atoms with E-state index in [1.54, 1.807) is 5.32 Å². The van der Waals surface area contributed by atoms with Crippen molar-refractivity contribution in [1.82, 2.24) is 10.4 Å². The van der Waals surface area contributed by atoms with Crippen LogP contribution in [0.1, 0.15) is 23.5 Å². The molecule has 2 N–H and O–H groups in total. The molecule has 1 atom stereocenters. The van der Waals surface area contributed by atoms with Crippen LogP contribution >= 0.6 is 0 Å². The van der Waals surface area contributed by atoms with Crippen molar-refractivity contribution in [2.45, 2.75) is 24.6 Å². The molecule has 2 aromatic carbocycles. The number of nitrogens with zero attached hydrogens (tertiary/aromatic N) is 1. The van der Waals surface area contributed by atoms with E-state index in [2.05, 4.69) is 4.84 Å². The van der Waals surface area contributed by atoms with E-state index in [1.165, 1.54) is 0 Å². The van der Waals surface area contributed by atoms with Gasteiger partial charge in [-0.25, -0.2) is 14.7 Å². The molecule has 0 aromatic heterocycles. The number of hydroxylamine groups is 2. The second kappa shape index (κ2) is 9.90. The largest absolute Gasteiger partial charge is 0.479 e. The first-order chi connectivity index (χ1) is 15.6. The van der Waals surface area contributed by atoms with Gasteiger partial charge in [0.1, 0.15) is 12.6 Å². The van der Waals surface area contributed by atoms with E-state index >= 15 is 0 Å². The predicted molar refractivity (Wildman–Crippen MR) is 109 cm³/mol. The molecular formula is C22H21F3N2O6. The molecule has 0 spiro atoms. The maximum atomic E-state index is 13.4. The summed E-state index contributed by atoms with van der Waals surface area (Å²) in [6.45, 7) is -1.10. The number of carbonyl (C=O) groups excluding carboxylic acids is 2. The molecule has 0 saturated heterocycles. The van der Waals surface area contributed by atoms with Gasteiger partial charge in [-0.15, -0.1) is 0 Å². The van der Waals surface area contributed by atoms with Crippen molar-refractivity contribution in [3.8, 4) is 11.1 Å². The molecule has 2 aromatic rings. The summed E-state index contributed by atoms with van der Waals surface area (Å²) in [5.41, 5.74) is 3.72. The summed E-state index contributed by atoms with van der Waals surface area (Å²) in [6.07, 6.45) is -7.47. The lowest BCUT2D eigenvalue weighted by Gasteiger charge is -2.24. The fraction of sp³-hybridized carbons (Fsp3) is 0.318. The Hall–Kier alpha value is -3.60. The summed E-state index contributed by atoms with van der Waals surface area (Å²) in [6, 6.07) is 12.4. The third-order valence-corrected chi connectivity index (χ3v) is 5.14. The van der Waals surface area contributed by atoms with Gasteiger partial charge in [-0.2, -0.15) is 13.2 Å². The van der Waals surface area contributed by atoms with Crippen LogP contribution in [-0.4, -0.2) is 60.6 Å². The number of ether oxygens (including phenoxy) is 1. The first-order valence-electron chi connectivity index (χ1n) is 9.87. The maximum Gasteiger partial charge on any atom is 0.409 e. The molecule has 0 saturated carbocycles. The highest BCUT2D eigenvalue weighted by Crippen LogP contribution is 2.44. The number of rotatable bonds is 8. The van der Waals surface area contributed by atoms with Crippen LogP contribution in [0.4, 0.5) is 18.0 Å². The monoisotopic (exact) mass is 466 g/mol. The molecule has 176 valence electrons. The average Bonchev–Trinajstić information content (AvgIpc) is 3.08. The number of aliphatic carboxylic acids is 1. The zero-order valence-electron chi connectivity index (χ0n) is 17.5. The van der Waals surface area contributed by atoms with E-state index in [0.29, 0.717) is 5.06 Å². The van der Waals surface area contributed by atoms with E-state index in [-0.39, 0.29) is 12.5 Å². The highest BCUT2D eigenvalue weighted by molar-refractivity contribution is 5.79. The van der Waals surface area contributed by atoms with Gasteiger partial charge in [0.15, 0.2) is 6.61 Å². The fourth-order valence-electron chi connectivity index (χ4n) is 3.56. The summed E-state index contributed by atoms with van der Waals surface area (Å²) in [5.74, 6) is -2.92. The molecule has 3 rings (SSSR count). The van der Waals surface area contributed by atoms with Crippen LogP contribution in [0.25, 0.3) is 11.1 Å². The second-order valence-corrected chi connectivity index (χ2v) is 7.33. The third kappa shape index (κ3) is 5.80. The number of benzene rings is 2. The van der Waals surface area contributed by atoms with Crippen molar-refractivity contribution >= 4 is 18.0 Å². The lowest BCUT2D eigenvalue weighted by Crippen LogP contribution is -2.48. The number of alkyl carbamates (subject to hydrolysis) is 1. The van der Waals surface area contributed by atoms with Crippen molar-refractivity contribution in [1.29, 1.82) is 0 Å². The van der Waals surface area contributed by atoms with Crippen LogP contribution < -0.4 is 5.32 Å². The summed E-state index contributed by atoms with van der Waals surface area (Å²) in [5, 5.41) is 10.6. The van der Waals surface area contributed by atoms with E-state index in [1.807, 2.05) is 48.5 Å². The standard InChI is InChI=1S/C22H21F3N2O6/c1-27(33-12-20(29)30)19(28)10-18(22(23,24)25)26-21(31)32-11-17-15-8-4-2-6-13(15)14-7-3-5-9-16(14)17/h2-9,17-18H,10-12H2,1H3,(H,26,31)(H,29,30). The van der Waals surface area contributed by atoms with Crippen molar-refractivity contribution < 1.29 is 42.2 Å². The van der Waals surface area contributed by atoms with Crippen LogP contribution in [0.5, 0.6) is 0 Å². The Labute approximate surface area is 186 Å². The van der Waals surface area contributed by atoms with Gasteiger partial charge in [-0.1, -0.05) is 48.5 Å². The van der Waals surface area contributed by atoms with Crippen molar-refractivity contribution in [2.75, 3.05) is 20.3 Å². The molecule has 8 nitrogen and oxygen atoms in total. The minimum Gasteiger partial charge on any atom is -0.479 e. The number of hydrogen-bond donors (Lipinski definition) is 2. The number of halogens is 3. The molecule has 2 amide bonds. The molecule has 0 aliphatic heterocycles. The predicted octanol–water partition coefficient (Wildman–Crippen LogP) is 3.32. The quantitative estimate of drug-likeness (QED) is 0.579. The Morgan fingerprint density at radius 1 is 1.06 bits per heavy atom. The minimum absolute atomic E-state index is 0.194. The first-order valence-corrected chi connectivity index (χ1v) is 9.87. The molecule has 1 unspecified atom stereocenters. The zero-order valence-corrected chi connectivity index (χ0v) is 17.5. The Balaban J connectivity index is 1.63. The van der Waals surface area contributed by atoms with Gasteiger partial charge in [-0.3, -0.25) is 9.63 Å². The topological polar surface area (TPSA) is 105 Å². The molecule has 0 heterocycles. The smallest absolute Gasteiger partial charge is 0.409 e. The Bertz CT molecular complexity index is 997. The molecule has 33 heavy (non-hydrogen) atoms. The SMILES string of the molecule is CN(OCC(=O)O)C(=O)CC(NC(=O)OCC1c2ccccc2-c2ccccc21)C(F)(F)F. The van der Waals surface area contributed by atoms with Gasteiger partial charge in [0.2, 0.25) is 5.91 Å². The van der Waals surface area contributed by atoms with Crippen LogP contribution in [-0.2, 0) is 19.2 Å². The normalized spacial score (nSPS) is 13.6. The molecule has 11 heteroatoms. The summed E-state index contributed by atoms with van der Waals surface area (Å²) in [7, 11) is 0.978. The van der Waals surface area contributed by atoms with Gasteiger partial charge in [-0.05, 0) is 22.3 Å². The Kier molecular flexibility index (Phi) is 7.22. The summed E-state index contributed by atoms with van der Waals surface area (Å²) < 4.78 is 45.2. The fourth-order valence-corrected chi connectivity index (χ4v) is 3.56. The van der Waals surface area contributed by atoms with Crippen molar-refractivity contribution in [3.05, 3.63) is 59.7 Å². The van der Waals surface area contributed by atoms with E-state index in [9.17, 15) is 27.6 Å². The van der Waals surface area contributed by atoms with Crippen LogP contribution in [0.15, 0.2) is 48.5 Å². The summed E-state index contributed by atoms with van der Waals surface area (Å²) in [4.78, 5) is 39.1. The maximum absolute atomic E-state index is 13.4. The number of carbonyl (C=O) groups is 3. The highest BCUT2D eigenvalue weighted by Gasteiger charge is 2.43. The lowest BCUT2D eigenvalue weighted by atomic mass is 9.98. The van der Waals surface area contributed by atoms with Crippen LogP contribution in [0, 0.1) is 0 Å². The van der Waals surface area contributed by atoms with Crippen molar-refractivity contribution in [2.24, 2.45) is 0 Å². The number of nitrogens with one attached hydrogen (secondary N) is 1. The Morgan fingerprint density at radius 3 is 2.12 bits per heavy atom. The van der Waals surface area contributed by atoms with E-state index < -0.39 is 43.2 Å². The van der Waals surface area contributed by atoms with E-state index in [4.69, 9.17) is 9.84 Å². The van der Waals surface area contributed by atoms with Crippen molar-refractivity contribution in [3.63, 3.8) is 0 Å². The molecular weight excluding hydrogens is 445 g/mol. The number of fused-ring (bicyclic) bond motifs is 3. The number of hydrogen-bond acceptors (Lipinski definition) is 5. The molecule has 1 aliphatic carbocycles.